The fraction of sp³-hybridized carbons (Fsp3) is 0.167. The van der Waals surface area contributed by atoms with Crippen LogP contribution in [0.3, 0.4) is 0 Å². The third kappa shape index (κ3) is 2.65. The molecule has 5 nitrogen and oxygen atoms in total. The van der Waals surface area contributed by atoms with Crippen molar-refractivity contribution in [3.8, 4) is 0 Å². The van der Waals surface area contributed by atoms with Crippen molar-refractivity contribution in [1.29, 1.82) is 0 Å². The van der Waals surface area contributed by atoms with E-state index >= 15 is 0 Å². The van der Waals surface area contributed by atoms with Gasteiger partial charge in [-0.25, -0.2) is 16.8 Å². The van der Waals surface area contributed by atoms with E-state index in [0.29, 0.717) is 11.0 Å². The lowest BCUT2D eigenvalue weighted by Gasteiger charge is -2.12. The van der Waals surface area contributed by atoms with Crippen molar-refractivity contribution in [2.75, 3.05) is 13.1 Å². The highest BCUT2D eigenvalue weighted by Gasteiger charge is 2.25. The molecule has 3 heterocycles. The Hall–Kier alpha value is -2.51. The average Bonchev–Trinajstić information content (AvgIpc) is 3.03. The largest absolute Gasteiger partial charge is 0.313 e. The molecule has 0 amide bonds. The molecule has 0 fully saturated rings. The van der Waals surface area contributed by atoms with Gasteiger partial charge >= 0.3 is 0 Å². The molecule has 0 radical (unpaired) electrons. The van der Waals surface area contributed by atoms with Gasteiger partial charge in [-0.1, -0.05) is 18.2 Å². The van der Waals surface area contributed by atoms with Crippen LogP contribution in [-0.4, -0.2) is 30.5 Å². The molecule has 0 bridgehead atoms. The van der Waals surface area contributed by atoms with E-state index in [9.17, 15) is 12.8 Å². The number of nitrogens with one attached hydrogen (secondary N) is 1. The van der Waals surface area contributed by atoms with E-state index in [1.54, 1.807) is 24.5 Å². The van der Waals surface area contributed by atoms with Crippen molar-refractivity contribution in [2.24, 2.45) is 0 Å². The quantitative estimate of drug-likeness (QED) is 0.783. The first-order valence-corrected chi connectivity index (χ1v) is 9.39. The van der Waals surface area contributed by atoms with Gasteiger partial charge in [0.05, 0.1) is 11.0 Å². The third-order valence-corrected chi connectivity index (χ3v) is 6.02. The summed E-state index contributed by atoms with van der Waals surface area (Å²) in [7, 11) is -4.06. The molecular weight excluding hydrogens is 341 g/mol. The highest BCUT2D eigenvalue weighted by Crippen LogP contribution is 2.31. The number of benzene rings is 1. The zero-order chi connectivity index (χ0) is 17.4. The third-order valence-electron chi connectivity index (χ3n) is 4.31. The highest BCUT2D eigenvalue weighted by molar-refractivity contribution is 7.90. The first-order valence-electron chi connectivity index (χ1n) is 7.95. The molecule has 0 atom stereocenters. The summed E-state index contributed by atoms with van der Waals surface area (Å²) >= 11 is 0. The molecule has 0 saturated heterocycles. The lowest BCUT2D eigenvalue weighted by atomic mass is 10.0. The van der Waals surface area contributed by atoms with Gasteiger partial charge < -0.3 is 5.32 Å². The van der Waals surface area contributed by atoms with Crippen molar-refractivity contribution >= 4 is 26.6 Å². The van der Waals surface area contributed by atoms with Crippen LogP contribution >= 0.6 is 0 Å². The lowest BCUT2D eigenvalue weighted by molar-refractivity contribution is 0.562. The molecular formula is C18H16FN3O2S. The standard InChI is InChI=1S/C18H16FN3O2S/c19-15-4-1-2-6-17(15)25(23,24)22-12-14(13-7-10-20-11-8-13)18-16(22)5-3-9-21-18/h1-7,9,12,20H,8,10-11H2. The number of nitrogens with zero attached hydrogens (tertiary/aromatic N) is 2. The Bertz CT molecular complexity index is 1090. The summed E-state index contributed by atoms with van der Waals surface area (Å²) in [6.45, 7) is 1.56. The molecule has 0 spiro atoms. The molecule has 0 saturated carbocycles. The monoisotopic (exact) mass is 357 g/mol. The number of hydrogen-bond donors (Lipinski definition) is 1. The minimum absolute atomic E-state index is 0.346. The maximum Gasteiger partial charge on any atom is 0.271 e. The van der Waals surface area contributed by atoms with E-state index < -0.39 is 15.8 Å². The molecule has 2 aromatic heterocycles. The number of halogens is 1. The zero-order valence-electron chi connectivity index (χ0n) is 13.3. The van der Waals surface area contributed by atoms with Gasteiger partial charge in [0.25, 0.3) is 10.0 Å². The number of pyridine rings is 1. The van der Waals surface area contributed by atoms with Crippen LogP contribution in [0.2, 0.25) is 0 Å². The van der Waals surface area contributed by atoms with Crippen LogP contribution in [0.5, 0.6) is 0 Å². The molecule has 3 aromatic rings. The molecule has 128 valence electrons. The van der Waals surface area contributed by atoms with E-state index in [-0.39, 0.29) is 4.90 Å². The highest BCUT2D eigenvalue weighted by atomic mass is 32.2. The van der Waals surface area contributed by atoms with Gasteiger partial charge in [-0.2, -0.15) is 0 Å². The maximum atomic E-state index is 14.1. The first kappa shape index (κ1) is 16.0. The molecule has 7 heteroatoms. The summed E-state index contributed by atoms with van der Waals surface area (Å²) in [5, 5.41) is 3.23. The second kappa shape index (κ2) is 6.09. The summed E-state index contributed by atoms with van der Waals surface area (Å²) in [5.74, 6) is -0.768. The summed E-state index contributed by atoms with van der Waals surface area (Å²) in [6, 6.07) is 8.76. The van der Waals surface area contributed by atoms with Crippen LogP contribution in [0.25, 0.3) is 16.6 Å². The fourth-order valence-corrected chi connectivity index (χ4v) is 4.52. The van der Waals surface area contributed by atoms with Crippen molar-refractivity contribution in [3.63, 3.8) is 0 Å². The van der Waals surface area contributed by atoms with Crippen molar-refractivity contribution in [3.05, 3.63) is 66.2 Å². The second-order valence-electron chi connectivity index (χ2n) is 5.83. The summed E-state index contributed by atoms with van der Waals surface area (Å²) in [4.78, 5) is 4.02. The maximum absolute atomic E-state index is 14.1. The summed E-state index contributed by atoms with van der Waals surface area (Å²) < 4.78 is 41.3. The molecule has 1 aliphatic heterocycles. The van der Waals surface area contributed by atoms with Gasteiger partial charge in [0.15, 0.2) is 0 Å². The van der Waals surface area contributed by atoms with Crippen molar-refractivity contribution < 1.29 is 12.8 Å². The average molecular weight is 357 g/mol. The number of hydrogen-bond acceptors (Lipinski definition) is 4. The van der Waals surface area contributed by atoms with E-state index in [4.69, 9.17) is 0 Å². The van der Waals surface area contributed by atoms with Gasteiger partial charge in [-0.15, -0.1) is 0 Å². The van der Waals surface area contributed by atoms with Crippen LogP contribution in [-0.2, 0) is 10.0 Å². The van der Waals surface area contributed by atoms with Crippen LogP contribution < -0.4 is 5.32 Å². The first-order chi connectivity index (χ1) is 12.1. The summed E-state index contributed by atoms with van der Waals surface area (Å²) in [6.07, 6.45) is 6.01. The lowest BCUT2D eigenvalue weighted by Crippen LogP contribution is -2.20. The predicted molar refractivity (Wildman–Crippen MR) is 94.2 cm³/mol. The molecule has 25 heavy (non-hydrogen) atoms. The van der Waals surface area contributed by atoms with E-state index in [0.717, 1.165) is 40.7 Å². The zero-order valence-corrected chi connectivity index (χ0v) is 14.1. The molecule has 1 N–H and O–H groups in total. The van der Waals surface area contributed by atoms with Gasteiger partial charge in [-0.05, 0) is 42.8 Å². The minimum Gasteiger partial charge on any atom is -0.313 e. The molecule has 4 rings (SSSR count). The van der Waals surface area contributed by atoms with Gasteiger partial charge in [0.1, 0.15) is 10.7 Å². The normalized spacial score (nSPS) is 15.3. The van der Waals surface area contributed by atoms with Gasteiger partial charge in [-0.3, -0.25) is 4.98 Å². The SMILES string of the molecule is O=S(=O)(c1ccccc1F)n1cc(C2=CCNCC2)c2ncccc21. The van der Waals surface area contributed by atoms with Gasteiger partial charge in [0, 0.05) is 24.5 Å². The smallest absolute Gasteiger partial charge is 0.271 e. The second-order valence-corrected chi connectivity index (χ2v) is 7.61. The van der Waals surface area contributed by atoms with Crippen molar-refractivity contribution in [1.82, 2.24) is 14.3 Å². The van der Waals surface area contributed by atoms with Crippen LogP contribution in [0.1, 0.15) is 12.0 Å². The predicted octanol–water partition coefficient (Wildman–Crippen LogP) is 2.79. The van der Waals surface area contributed by atoms with Crippen LogP contribution in [0.15, 0.2) is 59.8 Å². The Balaban J connectivity index is 1.97. The van der Waals surface area contributed by atoms with Crippen LogP contribution in [0.4, 0.5) is 4.39 Å². The number of aromatic nitrogens is 2. The van der Waals surface area contributed by atoms with E-state index in [2.05, 4.69) is 10.3 Å². The van der Waals surface area contributed by atoms with Gasteiger partial charge in [0.2, 0.25) is 0 Å². The van der Waals surface area contributed by atoms with E-state index in [1.165, 1.54) is 18.2 Å². The number of fused-ring (bicyclic) bond motifs is 1. The van der Waals surface area contributed by atoms with Crippen LogP contribution in [0, 0.1) is 5.82 Å². The molecule has 0 aliphatic carbocycles. The molecule has 1 aromatic carbocycles. The van der Waals surface area contributed by atoms with Crippen molar-refractivity contribution in [2.45, 2.75) is 11.3 Å². The van der Waals surface area contributed by atoms with E-state index in [1.807, 2.05) is 6.08 Å². The molecule has 1 aliphatic rings. The summed E-state index contributed by atoms with van der Waals surface area (Å²) in [5.41, 5.74) is 2.87. The molecule has 0 unspecified atom stereocenters. The number of rotatable bonds is 3. The Morgan fingerprint density at radius 3 is 2.76 bits per heavy atom. The Labute approximate surface area is 144 Å². The Kier molecular flexibility index (Phi) is 3.89. The Morgan fingerprint density at radius 1 is 1.16 bits per heavy atom. The Morgan fingerprint density at radius 2 is 2.00 bits per heavy atom. The minimum atomic E-state index is -4.06. The fourth-order valence-electron chi connectivity index (χ4n) is 3.09. The topological polar surface area (TPSA) is 64.0 Å².